The van der Waals surface area contributed by atoms with Crippen LogP contribution in [0.3, 0.4) is 0 Å². The lowest BCUT2D eigenvalue weighted by Gasteiger charge is -2.06. The molecule has 0 aliphatic carbocycles. The molecule has 120 valence electrons. The Morgan fingerprint density at radius 2 is 2.00 bits per heavy atom. The Morgan fingerprint density at radius 1 is 1.22 bits per heavy atom. The smallest absolute Gasteiger partial charge is 0.277 e. The lowest BCUT2D eigenvalue weighted by Crippen LogP contribution is -2.24. The van der Waals surface area contributed by atoms with E-state index in [1.807, 2.05) is 6.92 Å². The van der Waals surface area contributed by atoms with Crippen LogP contribution >= 0.6 is 34.8 Å². The van der Waals surface area contributed by atoms with Crippen molar-refractivity contribution < 1.29 is 9.53 Å². The van der Waals surface area contributed by atoms with Gasteiger partial charge in [0.2, 0.25) is 0 Å². The minimum atomic E-state index is -0.396. The molecule has 0 bridgehead atoms. The first-order chi connectivity index (χ1) is 11.0. The van der Waals surface area contributed by atoms with Crippen LogP contribution in [0.5, 0.6) is 5.75 Å². The highest BCUT2D eigenvalue weighted by atomic mass is 35.5. The van der Waals surface area contributed by atoms with E-state index in [0.29, 0.717) is 26.4 Å². The molecule has 2 rings (SSSR count). The highest BCUT2D eigenvalue weighted by Crippen LogP contribution is 2.24. The number of halogens is 3. The van der Waals surface area contributed by atoms with E-state index in [9.17, 15) is 4.79 Å². The Hall–Kier alpha value is -1.75. The lowest BCUT2D eigenvalue weighted by atomic mass is 10.2. The first-order valence-electron chi connectivity index (χ1n) is 6.62. The highest BCUT2D eigenvalue weighted by Gasteiger charge is 2.04. The summed E-state index contributed by atoms with van der Waals surface area (Å²) in [5.41, 5.74) is 3.83. The number of benzene rings is 2. The molecule has 4 nitrogen and oxygen atoms in total. The van der Waals surface area contributed by atoms with Gasteiger partial charge >= 0.3 is 0 Å². The summed E-state index contributed by atoms with van der Waals surface area (Å²) in [6.07, 6.45) is 1.42. The summed E-state index contributed by atoms with van der Waals surface area (Å²) in [4.78, 5) is 11.7. The predicted molar refractivity (Wildman–Crippen MR) is 93.9 cm³/mol. The van der Waals surface area contributed by atoms with Gasteiger partial charge in [0.15, 0.2) is 6.61 Å². The van der Waals surface area contributed by atoms with Crippen LogP contribution in [0.1, 0.15) is 11.1 Å². The monoisotopic (exact) mass is 370 g/mol. The van der Waals surface area contributed by atoms with Gasteiger partial charge in [0.1, 0.15) is 5.75 Å². The molecule has 23 heavy (non-hydrogen) atoms. The van der Waals surface area contributed by atoms with E-state index in [0.717, 1.165) is 5.56 Å². The van der Waals surface area contributed by atoms with Crippen molar-refractivity contribution in [1.82, 2.24) is 5.43 Å². The van der Waals surface area contributed by atoms with Crippen LogP contribution in [0, 0.1) is 6.92 Å². The molecule has 0 saturated heterocycles. The minimum absolute atomic E-state index is 0.165. The van der Waals surface area contributed by atoms with Crippen molar-refractivity contribution in [3.63, 3.8) is 0 Å². The normalized spacial score (nSPS) is 10.8. The van der Waals surface area contributed by atoms with Gasteiger partial charge in [0.05, 0.1) is 16.3 Å². The number of carbonyl (C=O) groups excluding carboxylic acids is 1. The molecule has 0 atom stereocenters. The van der Waals surface area contributed by atoms with E-state index >= 15 is 0 Å². The highest BCUT2D eigenvalue weighted by molar-refractivity contribution is 6.43. The fourth-order valence-corrected chi connectivity index (χ4v) is 2.16. The first-order valence-corrected chi connectivity index (χ1v) is 7.75. The van der Waals surface area contributed by atoms with Crippen LogP contribution in [0.4, 0.5) is 0 Å². The van der Waals surface area contributed by atoms with Crippen molar-refractivity contribution >= 4 is 46.9 Å². The van der Waals surface area contributed by atoms with E-state index in [1.54, 1.807) is 36.4 Å². The van der Waals surface area contributed by atoms with E-state index in [2.05, 4.69) is 10.5 Å². The molecule has 0 aromatic heterocycles. The fraction of sp³-hybridized carbons (Fsp3) is 0.125. The van der Waals surface area contributed by atoms with Gasteiger partial charge in [0.25, 0.3) is 5.91 Å². The summed E-state index contributed by atoms with van der Waals surface area (Å²) in [7, 11) is 0. The van der Waals surface area contributed by atoms with Gasteiger partial charge in [-0.25, -0.2) is 5.43 Å². The number of nitrogens with zero attached hydrogens (tertiary/aromatic N) is 1. The molecule has 0 aliphatic heterocycles. The van der Waals surface area contributed by atoms with Crippen molar-refractivity contribution in [1.29, 1.82) is 0 Å². The zero-order chi connectivity index (χ0) is 16.8. The Kier molecular flexibility index (Phi) is 6.28. The topological polar surface area (TPSA) is 50.7 Å². The third-order valence-corrected chi connectivity index (χ3v) is 4.13. The molecule has 1 amide bonds. The molecule has 1 N–H and O–H groups in total. The second kappa shape index (κ2) is 8.20. The fourth-order valence-electron chi connectivity index (χ4n) is 1.68. The van der Waals surface area contributed by atoms with Crippen molar-refractivity contribution in [2.45, 2.75) is 6.92 Å². The zero-order valence-corrected chi connectivity index (χ0v) is 14.4. The summed E-state index contributed by atoms with van der Waals surface area (Å²) >= 11 is 17.8. The van der Waals surface area contributed by atoms with Crippen LogP contribution in [-0.2, 0) is 4.79 Å². The number of carbonyl (C=O) groups is 1. The van der Waals surface area contributed by atoms with Gasteiger partial charge in [-0.2, -0.15) is 5.10 Å². The number of nitrogens with one attached hydrogen (secondary N) is 1. The van der Waals surface area contributed by atoms with Gasteiger partial charge in [0, 0.05) is 10.6 Å². The summed E-state index contributed by atoms with van der Waals surface area (Å²) in [5, 5.41) is 5.26. The van der Waals surface area contributed by atoms with Crippen LogP contribution < -0.4 is 10.2 Å². The van der Waals surface area contributed by atoms with Crippen LogP contribution in [-0.4, -0.2) is 18.7 Å². The summed E-state index contributed by atoms with van der Waals surface area (Å²) in [5.74, 6) is 0.163. The van der Waals surface area contributed by atoms with Crippen LogP contribution in [0.2, 0.25) is 15.1 Å². The number of ether oxygens (including phenoxy) is 1. The molecule has 2 aromatic carbocycles. The number of rotatable bonds is 5. The van der Waals surface area contributed by atoms with Crippen molar-refractivity contribution in [3.05, 3.63) is 62.6 Å². The maximum absolute atomic E-state index is 11.7. The Morgan fingerprint density at radius 3 is 2.74 bits per heavy atom. The molecule has 0 unspecified atom stereocenters. The molecular weight excluding hydrogens is 359 g/mol. The average molecular weight is 372 g/mol. The molecule has 0 heterocycles. The van der Waals surface area contributed by atoms with E-state index in [4.69, 9.17) is 39.5 Å². The van der Waals surface area contributed by atoms with Gasteiger partial charge in [-0.05, 0) is 36.8 Å². The maximum atomic E-state index is 11.7. The number of aryl methyl sites for hydroxylation is 1. The number of hydrazone groups is 1. The largest absolute Gasteiger partial charge is 0.484 e. The number of hydrogen-bond donors (Lipinski definition) is 1. The molecular formula is C16H13Cl3N2O2. The van der Waals surface area contributed by atoms with Crippen molar-refractivity contribution in [3.8, 4) is 5.75 Å². The molecule has 0 fully saturated rings. The Labute approximate surface area is 149 Å². The van der Waals surface area contributed by atoms with Gasteiger partial charge in [-0.3, -0.25) is 4.79 Å². The van der Waals surface area contributed by atoms with Crippen LogP contribution in [0.15, 0.2) is 41.5 Å². The Balaban J connectivity index is 1.86. The number of hydrogen-bond acceptors (Lipinski definition) is 3. The molecule has 0 aliphatic rings. The van der Waals surface area contributed by atoms with Crippen molar-refractivity contribution in [2.75, 3.05) is 6.61 Å². The minimum Gasteiger partial charge on any atom is -0.484 e. The first kappa shape index (κ1) is 17.6. The summed E-state index contributed by atoms with van der Waals surface area (Å²) < 4.78 is 5.36. The SMILES string of the molecule is Cc1cc(OCC(=O)N/N=C/c2cccc(Cl)c2Cl)ccc1Cl. The lowest BCUT2D eigenvalue weighted by molar-refractivity contribution is -0.123. The summed E-state index contributed by atoms with van der Waals surface area (Å²) in [6, 6.07) is 10.3. The summed E-state index contributed by atoms with van der Waals surface area (Å²) in [6.45, 7) is 1.69. The number of amides is 1. The molecule has 7 heteroatoms. The molecule has 2 aromatic rings. The van der Waals surface area contributed by atoms with E-state index in [-0.39, 0.29) is 6.61 Å². The average Bonchev–Trinajstić information content (AvgIpc) is 2.52. The third kappa shape index (κ3) is 5.13. The van der Waals surface area contributed by atoms with Gasteiger partial charge in [-0.15, -0.1) is 0 Å². The van der Waals surface area contributed by atoms with E-state index in [1.165, 1.54) is 6.21 Å². The van der Waals surface area contributed by atoms with Gasteiger partial charge < -0.3 is 4.74 Å². The maximum Gasteiger partial charge on any atom is 0.277 e. The zero-order valence-electron chi connectivity index (χ0n) is 12.1. The molecule has 0 saturated carbocycles. The second-order valence-electron chi connectivity index (χ2n) is 4.64. The van der Waals surface area contributed by atoms with Crippen molar-refractivity contribution in [2.24, 2.45) is 5.10 Å². The molecule has 0 radical (unpaired) electrons. The van der Waals surface area contributed by atoms with Crippen LogP contribution in [0.25, 0.3) is 0 Å². The molecule has 0 spiro atoms. The Bertz CT molecular complexity index is 748. The predicted octanol–water partition coefficient (Wildman–Crippen LogP) is 4.48. The quantitative estimate of drug-likeness (QED) is 0.622. The van der Waals surface area contributed by atoms with Gasteiger partial charge in [-0.1, -0.05) is 46.9 Å². The van der Waals surface area contributed by atoms with E-state index < -0.39 is 5.91 Å². The third-order valence-electron chi connectivity index (χ3n) is 2.87. The second-order valence-corrected chi connectivity index (χ2v) is 5.83. The standard InChI is InChI=1S/C16H13Cl3N2O2/c1-10-7-12(5-6-13(10)17)23-9-15(22)21-20-8-11-3-2-4-14(18)16(11)19/h2-8H,9H2,1H3,(H,21,22)/b20-8+.